The van der Waals surface area contributed by atoms with Crippen molar-refractivity contribution < 1.29 is 22.7 Å². The SMILES string of the molecule is Cc1ccc(NS(=O)(=O)c2ccc(C(=O)Nc3ccccc3OCC3CCCCO3)cc2)cc1. The van der Waals surface area contributed by atoms with Crippen molar-refractivity contribution in [3.05, 3.63) is 83.9 Å². The molecule has 1 unspecified atom stereocenters. The fourth-order valence-electron chi connectivity index (χ4n) is 3.63. The van der Waals surface area contributed by atoms with Crippen LogP contribution in [0.1, 0.15) is 35.2 Å². The number of hydrogen-bond donors (Lipinski definition) is 2. The minimum absolute atomic E-state index is 0.0560. The Labute approximate surface area is 200 Å². The Bertz CT molecular complexity index is 1220. The molecule has 1 heterocycles. The lowest BCUT2D eigenvalue weighted by Gasteiger charge is -2.23. The van der Waals surface area contributed by atoms with Gasteiger partial charge >= 0.3 is 0 Å². The second-order valence-corrected chi connectivity index (χ2v) is 9.93. The lowest BCUT2D eigenvalue weighted by atomic mass is 10.1. The minimum atomic E-state index is -3.77. The Hall–Kier alpha value is -3.36. The van der Waals surface area contributed by atoms with Crippen molar-refractivity contribution in [1.82, 2.24) is 0 Å². The smallest absolute Gasteiger partial charge is 0.261 e. The lowest BCUT2D eigenvalue weighted by Crippen LogP contribution is -2.26. The topological polar surface area (TPSA) is 93.7 Å². The number of carbonyl (C=O) groups is 1. The second-order valence-electron chi connectivity index (χ2n) is 8.25. The maximum Gasteiger partial charge on any atom is 0.261 e. The van der Waals surface area contributed by atoms with E-state index in [0.717, 1.165) is 31.4 Å². The number of ether oxygens (including phenoxy) is 2. The molecular formula is C26H28N2O5S. The van der Waals surface area contributed by atoms with E-state index in [1.807, 2.05) is 31.2 Å². The molecule has 1 aliphatic heterocycles. The van der Waals surface area contributed by atoms with Gasteiger partial charge in [0.25, 0.3) is 15.9 Å². The molecule has 7 nitrogen and oxygen atoms in total. The van der Waals surface area contributed by atoms with Gasteiger partial charge in [0.05, 0.1) is 16.7 Å². The first kappa shape index (κ1) is 23.8. The van der Waals surface area contributed by atoms with Crippen LogP contribution < -0.4 is 14.8 Å². The fraction of sp³-hybridized carbons (Fsp3) is 0.269. The van der Waals surface area contributed by atoms with Crippen molar-refractivity contribution in [2.45, 2.75) is 37.2 Å². The number of amides is 1. The van der Waals surface area contributed by atoms with E-state index in [0.29, 0.717) is 29.3 Å². The van der Waals surface area contributed by atoms with Crippen LogP contribution in [0.5, 0.6) is 5.75 Å². The molecule has 0 aromatic heterocycles. The molecule has 2 N–H and O–H groups in total. The van der Waals surface area contributed by atoms with Gasteiger partial charge in [-0.2, -0.15) is 0 Å². The van der Waals surface area contributed by atoms with Crippen LogP contribution in [0.15, 0.2) is 77.7 Å². The van der Waals surface area contributed by atoms with E-state index in [9.17, 15) is 13.2 Å². The zero-order valence-corrected chi connectivity index (χ0v) is 19.8. The van der Waals surface area contributed by atoms with E-state index in [1.165, 1.54) is 24.3 Å². The number of anilines is 2. The third-order valence-corrected chi connectivity index (χ3v) is 6.96. The van der Waals surface area contributed by atoms with Gasteiger partial charge < -0.3 is 14.8 Å². The molecule has 0 aliphatic carbocycles. The van der Waals surface area contributed by atoms with Gasteiger partial charge in [0.1, 0.15) is 12.4 Å². The van der Waals surface area contributed by atoms with E-state index in [-0.39, 0.29) is 16.9 Å². The second kappa shape index (κ2) is 10.7. The molecule has 3 aromatic rings. The van der Waals surface area contributed by atoms with E-state index >= 15 is 0 Å². The number of rotatable bonds is 8. The summed E-state index contributed by atoms with van der Waals surface area (Å²) in [4.78, 5) is 12.9. The minimum Gasteiger partial charge on any atom is -0.489 e. The number of sulfonamides is 1. The van der Waals surface area contributed by atoms with E-state index in [4.69, 9.17) is 9.47 Å². The summed E-state index contributed by atoms with van der Waals surface area (Å²) in [6, 6.07) is 20.1. The van der Waals surface area contributed by atoms with Gasteiger partial charge in [0.15, 0.2) is 0 Å². The van der Waals surface area contributed by atoms with E-state index < -0.39 is 10.0 Å². The van der Waals surface area contributed by atoms with Crippen molar-refractivity contribution in [2.75, 3.05) is 23.3 Å². The summed E-state index contributed by atoms with van der Waals surface area (Å²) in [5, 5.41) is 2.85. The molecule has 1 amide bonds. The van der Waals surface area contributed by atoms with E-state index in [1.54, 1.807) is 24.3 Å². The monoisotopic (exact) mass is 480 g/mol. The first-order chi connectivity index (χ1) is 16.4. The normalized spacial score (nSPS) is 16.0. The first-order valence-electron chi connectivity index (χ1n) is 11.2. The number of para-hydroxylation sites is 2. The average Bonchev–Trinajstić information content (AvgIpc) is 2.85. The quantitative estimate of drug-likeness (QED) is 0.473. The molecule has 0 spiro atoms. The molecule has 178 valence electrons. The molecule has 1 fully saturated rings. The summed E-state index contributed by atoms with van der Waals surface area (Å²) in [5.74, 6) is 0.201. The number of aryl methyl sites for hydroxylation is 1. The Balaban J connectivity index is 1.40. The van der Waals surface area contributed by atoms with Crippen LogP contribution in [-0.4, -0.2) is 33.6 Å². The van der Waals surface area contributed by atoms with E-state index in [2.05, 4.69) is 10.0 Å². The molecular weight excluding hydrogens is 452 g/mol. The molecule has 3 aromatic carbocycles. The molecule has 0 radical (unpaired) electrons. The first-order valence-corrected chi connectivity index (χ1v) is 12.7. The summed E-state index contributed by atoms with van der Waals surface area (Å²) in [6.45, 7) is 3.10. The van der Waals surface area contributed by atoms with Gasteiger partial charge in [0, 0.05) is 17.9 Å². The van der Waals surface area contributed by atoms with Gasteiger partial charge in [-0.15, -0.1) is 0 Å². The molecule has 1 atom stereocenters. The van der Waals surface area contributed by atoms with Gasteiger partial charge in [-0.25, -0.2) is 8.42 Å². The van der Waals surface area contributed by atoms with Crippen LogP contribution in [0.2, 0.25) is 0 Å². The third kappa shape index (κ3) is 6.15. The molecule has 0 saturated carbocycles. The van der Waals surface area contributed by atoms with Crippen LogP contribution >= 0.6 is 0 Å². The van der Waals surface area contributed by atoms with Crippen molar-refractivity contribution in [3.63, 3.8) is 0 Å². The molecule has 4 rings (SSSR count). The van der Waals surface area contributed by atoms with Crippen LogP contribution in [0.3, 0.4) is 0 Å². The number of hydrogen-bond acceptors (Lipinski definition) is 5. The van der Waals surface area contributed by atoms with Gasteiger partial charge in [0.2, 0.25) is 0 Å². The Kier molecular flexibility index (Phi) is 7.49. The van der Waals surface area contributed by atoms with Gasteiger partial charge in [-0.05, 0) is 74.7 Å². The number of benzene rings is 3. The highest BCUT2D eigenvalue weighted by Crippen LogP contribution is 2.26. The highest BCUT2D eigenvalue weighted by Gasteiger charge is 2.18. The zero-order chi connectivity index (χ0) is 24.0. The summed E-state index contributed by atoms with van der Waals surface area (Å²) >= 11 is 0. The van der Waals surface area contributed by atoms with Crippen LogP contribution in [-0.2, 0) is 14.8 Å². The predicted octanol–water partition coefficient (Wildman–Crippen LogP) is 5.00. The number of carbonyl (C=O) groups excluding carboxylic acids is 1. The molecule has 1 aliphatic rings. The molecule has 1 saturated heterocycles. The standard InChI is InChI=1S/C26H28N2O5S/c1-19-9-13-21(14-10-19)28-34(30,31)23-15-11-20(12-16-23)26(29)27-24-7-2-3-8-25(24)33-18-22-6-4-5-17-32-22/h2-3,7-16,22,28H,4-6,17-18H2,1H3,(H,27,29). The Morgan fingerprint density at radius 3 is 2.44 bits per heavy atom. The van der Waals surface area contributed by atoms with Crippen molar-refractivity contribution in [3.8, 4) is 5.75 Å². The molecule has 8 heteroatoms. The highest BCUT2D eigenvalue weighted by molar-refractivity contribution is 7.92. The van der Waals surface area contributed by atoms with Crippen molar-refractivity contribution >= 4 is 27.3 Å². The van der Waals surface area contributed by atoms with Crippen LogP contribution in [0, 0.1) is 6.92 Å². The predicted molar refractivity (Wildman–Crippen MR) is 132 cm³/mol. The number of nitrogens with one attached hydrogen (secondary N) is 2. The maximum atomic E-state index is 12.8. The lowest BCUT2D eigenvalue weighted by molar-refractivity contribution is -0.0109. The fourth-order valence-corrected chi connectivity index (χ4v) is 4.69. The molecule has 34 heavy (non-hydrogen) atoms. The van der Waals surface area contributed by atoms with Gasteiger partial charge in [-0.1, -0.05) is 29.8 Å². The maximum absolute atomic E-state index is 12.8. The summed E-state index contributed by atoms with van der Waals surface area (Å²) in [7, 11) is -3.77. The highest BCUT2D eigenvalue weighted by atomic mass is 32.2. The van der Waals surface area contributed by atoms with Gasteiger partial charge in [-0.3, -0.25) is 9.52 Å². The van der Waals surface area contributed by atoms with Crippen LogP contribution in [0.4, 0.5) is 11.4 Å². The Morgan fingerprint density at radius 2 is 1.74 bits per heavy atom. The van der Waals surface area contributed by atoms with Crippen LogP contribution in [0.25, 0.3) is 0 Å². The average molecular weight is 481 g/mol. The third-order valence-electron chi connectivity index (χ3n) is 5.56. The zero-order valence-electron chi connectivity index (χ0n) is 19.0. The Morgan fingerprint density at radius 1 is 1.00 bits per heavy atom. The van der Waals surface area contributed by atoms with Crippen molar-refractivity contribution in [2.24, 2.45) is 0 Å². The largest absolute Gasteiger partial charge is 0.489 e. The van der Waals surface area contributed by atoms with Crippen molar-refractivity contribution in [1.29, 1.82) is 0 Å². The summed E-state index contributed by atoms with van der Waals surface area (Å²) in [6.07, 6.45) is 3.22. The summed E-state index contributed by atoms with van der Waals surface area (Å²) in [5.41, 5.74) is 2.39. The molecule has 0 bridgehead atoms. The summed E-state index contributed by atoms with van der Waals surface area (Å²) < 4.78 is 39.5.